The van der Waals surface area contributed by atoms with Crippen LogP contribution in [0, 0.1) is 6.92 Å². The SMILES string of the molecule is Cc1cn([C@@H]2S[C@H](CO)NC2=O)c(=O)[nH]c1=O. The molecule has 92 valence electrons. The molecule has 1 amide bonds. The van der Waals surface area contributed by atoms with Gasteiger partial charge in [-0.3, -0.25) is 19.1 Å². The van der Waals surface area contributed by atoms with E-state index in [9.17, 15) is 14.4 Å². The first-order valence-electron chi connectivity index (χ1n) is 4.91. The van der Waals surface area contributed by atoms with Crippen LogP contribution < -0.4 is 16.6 Å². The number of amides is 1. The summed E-state index contributed by atoms with van der Waals surface area (Å²) in [5, 5.41) is 10.3. The van der Waals surface area contributed by atoms with E-state index in [1.54, 1.807) is 6.92 Å². The Bertz CT molecular complexity index is 564. The van der Waals surface area contributed by atoms with Crippen molar-refractivity contribution in [3.8, 4) is 0 Å². The van der Waals surface area contributed by atoms with Crippen molar-refractivity contribution in [1.82, 2.24) is 14.9 Å². The van der Waals surface area contributed by atoms with Crippen molar-refractivity contribution in [3.05, 3.63) is 32.6 Å². The topological polar surface area (TPSA) is 104 Å². The Hall–Kier alpha value is -1.54. The van der Waals surface area contributed by atoms with Crippen LogP contribution in [0.2, 0.25) is 0 Å². The molecule has 0 unspecified atom stereocenters. The van der Waals surface area contributed by atoms with E-state index < -0.39 is 22.0 Å². The molecule has 0 saturated carbocycles. The van der Waals surface area contributed by atoms with Crippen LogP contribution in [0.5, 0.6) is 0 Å². The van der Waals surface area contributed by atoms with Crippen LogP contribution in [0.4, 0.5) is 0 Å². The Kier molecular flexibility index (Phi) is 3.07. The Labute approximate surface area is 99.9 Å². The highest BCUT2D eigenvalue weighted by atomic mass is 32.2. The molecule has 2 rings (SSSR count). The van der Waals surface area contributed by atoms with Crippen molar-refractivity contribution in [2.45, 2.75) is 17.7 Å². The average Bonchev–Trinajstić information content (AvgIpc) is 2.65. The predicted octanol–water partition coefficient (Wildman–Crippen LogP) is -1.47. The van der Waals surface area contributed by atoms with E-state index in [1.165, 1.54) is 6.20 Å². The monoisotopic (exact) mass is 257 g/mol. The third-order valence-electron chi connectivity index (χ3n) is 2.39. The molecule has 1 aliphatic heterocycles. The van der Waals surface area contributed by atoms with Crippen LogP contribution in [0.3, 0.4) is 0 Å². The zero-order valence-corrected chi connectivity index (χ0v) is 9.78. The van der Waals surface area contributed by atoms with E-state index in [1.807, 2.05) is 0 Å². The third kappa shape index (κ3) is 2.13. The van der Waals surface area contributed by atoms with Crippen LogP contribution in [-0.2, 0) is 4.79 Å². The van der Waals surface area contributed by atoms with Gasteiger partial charge in [0.2, 0.25) is 0 Å². The number of nitrogens with zero attached hydrogens (tertiary/aromatic N) is 1. The Balaban J connectivity index is 2.42. The molecule has 17 heavy (non-hydrogen) atoms. The van der Waals surface area contributed by atoms with Gasteiger partial charge < -0.3 is 10.4 Å². The molecule has 1 aromatic heterocycles. The molecule has 0 bridgehead atoms. The number of aromatic nitrogens is 2. The lowest BCUT2D eigenvalue weighted by Gasteiger charge is -2.10. The van der Waals surface area contributed by atoms with Crippen molar-refractivity contribution in [1.29, 1.82) is 0 Å². The standard InChI is InChI=1S/C9H11N3O4S/c1-4-2-12(9(16)11-6(4)14)8-7(15)10-5(3-13)17-8/h2,5,8,13H,3H2,1H3,(H,10,15)(H,11,14,16)/t5-,8-/m1/s1. The number of aliphatic hydroxyl groups is 1. The Morgan fingerprint density at radius 3 is 2.76 bits per heavy atom. The summed E-state index contributed by atoms with van der Waals surface area (Å²) in [6, 6.07) is 0. The Morgan fingerprint density at radius 1 is 1.47 bits per heavy atom. The average molecular weight is 257 g/mol. The maximum atomic E-state index is 11.6. The fraction of sp³-hybridized carbons (Fsp3) is 0.444. The van der Waals surface area contributed by atoms with E-state index in [0.29, 0.717) is 5.56 Å². The summed E-state index contributed by atoms with van der Waals surface area (Å²) in [6.45, 7) is 1.35. The Morgan fingerprint density at radius 2 is 2.18 bits per heavy atom. The zero-order valence-electron chi connectivity index (χ0n) is 8.97. The smallest absolute Gasteiger partial charge is 0.329 e. The van der Waals surface area contributed by atoms with Gasteiger partial charge in [-0.05, 0) is 6.92 Å². The molecule has 0 spiro atoms. The van der Waals surface area contributed by atoms with Gasteiger partial charge in [-0.25, -0.2) is 4.79 Å². The fourth-order valence-electron chi connectivity index (χ4n) is 1.52. The predicted molar refractivity (Wildman–Crippen MR) is 61.7 cm³/mol. The molecule has 0 aliphatic carbocycles. The fourth-order valence-corrected chi connectivity index (χ4v) is 2.58. The molecule has 7 nitrogen and oxygen atoms in total. The van der Waals surface area contributed by atoms with Gasteiger partial charge in [0.1, 0.15) is 5.37 Å². The summed E-state index contributed by atoms with van der Waals surface area (Å²) in [5.41, 5.74) is -0.745. The van der Waals surface area contributed by atoms with Crippen LogP contribution in [-0.4, -0.2) is 32.5 Å². The van der Waals surface area contributed by atoms with Crippen molar-refractivity contribution in [3.63, 3.8) is 0 Å². The molecule has 3 N–H and O–H groups in total. The highest BCUT2D eigenvalue weighted by Crippen LogP contribution is 2.30. The van der Waals surface area contributed by atoms with Crippen LogP contribution in [0.15, 0.2) is 15.8 Å². The minimum Gasteiger partial charge on any atom is -0.393 e. The summed E-state index contributed by atoms with van der Waals surface area (Å²) in [7, 11) is 0. The van der Waals surface area contributed by atoms with Gasteiger partial charge in [-0.15, -0.1) is 0 Å². The number of carbonyl (C=O) groups excluding carboxylic acids is 1. The first kappa shape index (κ1) is 11.9. The quantitative estimate of drug-likeness (QED) is 0.599. The van der Waals surface area contributed by atoms with Crippen molar-refractivity contribution in [2.24, 2.45) is 0 Å². The number of hydrogen-bond acceptors (Lipinski definition) is 5. The summed E-state index contributed by atoms with van der Waals surface area (Å²) >= 11 is 1.13. The van der Waals surface area contributed by atoms with Gasteiger partial charge in [0.05, 0.1) is 6.61 Å². The number of carbonyl (C=O) groups is 1. The highest BCUT2D eigenvalue weighted by Gasteiger charge is 2.34. The summed E-state index contributed by atoms with van der Waals surface area (Å²) in [5.74, 6) is -0.359. The third-order valence-corrected chi connectivity index (χ3v) is 3.68. The van der Waals surface area contributed by atoms with Gasteiger partial charge in [-0.1, -0.05) is 11.8 Å². The van der Waals surface area contributed by atoms with Crippen molar-refractivity contribution < 1.29 is 9.90 Å². The molecular formula is C9H11N3O4S. The van der Waals surface area contributed by atoms with Gasteiger partial charge in [0.15, 0.2) is 5.37 Å². The number of H-pyrrole nitrogens is 1. The van der Waals surface area contributed by atoms with Crippen LogP contribution in [0.1, 0.15) is 10.9 Å². The lowest BCUT2D eigenvalue weighted by Crippen LogP contribution is -2.35. The van der Waals surface area contributed by atoms with Crippen LogP contribution in [0.25, 0.3) is 0 Å². The lowest BCUT2D eigenvalue weighted by molar-refractivity contribution is -0.121. The zero-order chi connectivity index (χ0) is 12.6. The van der Waals surface area contributed by atoms with Gasteiger partial charge in [0, 0.05) is 11.8 Å². The molecule has 0 radical (unpaired) electrons. The number of aryl methyl sites for hydroxylation is 1. The summed E-state index contributed by atoms with van der Waals surface area (Å²) in [4.78, 5) is 36.5. The molecule has 1 aromatic rings. The molecule has 2 atom stereocenters. The molecule has 1 aliphatic rings. The first-order valence-corrected chi connectivity index (χ1v) is 5.86. The maximum absolute atomic E-state index is 11.6. The van der Waals surface area contributed by atoms with E-state index in [2.05, 4.69) is 10.3 Å². The van der Waals surface area contributed by atoms with Gasteiger partial charge in [-0.2, -0.15) is 0 Å². The maximum Gasteiger partial charge on any atom is 0.329 e. The second-order valence-corrected chi connectivity index (χ2v) is 4.93. The largest absolute Gasteiger partial charge is 0.393 e. The number of aliphatic hydroxyl groups excluding tert-OH is 1. The number of nitrogens with one attached hydrogen (secondary N) is 2. The molecule has 1 saturated heterocycles. The van der Waals surface area contributed by atoms with E-state index in [4.69, 9.17) is 5.11 Å². The molecular weight excluding hydrogens is 246 g/mol. The molecule has 0 aromatic carbocycles. The van der Waals surface area contributed by atoms with Crippen molar-refractivity contribution in [2.75, 3.05) is 6.61 Å². The second kappa shape index (κ2) is 4.38. The van der Waals surface area contributed by atoms with Crippen molar-refractivity contribution >= 4 is 17.7 Å². The molecule has 1 fully saturated rings. The number of rotatable bonds is 2. The summed E-state index contributed by atoms with van der Waals surface area (Å²) in [6.07, 6.45) is 1.35. The molecule has 2 heterocycles. The first-order chi connectivity index (χ1) is 8.02. The van der Waals surface area contributed by atoms with Gasteiger partial charge >= 0.3 is 5.69 Å². The van der Waals surface area contributed by atoms with E-state index >= 15 is 0 Å². The lowest BCUT2D eigenvalue weighted by atomic mass is 10.4. The summed E-state index contributed by atoms with van der Waals surface area (Å²) < 4.78 is 1.16. The number of thioether (sulfide) groups is 1. The number of hydrogen-bond donors (Lipinski definition) is 3. The molecule has 8 heteroatoms. The van der Waals surface area contributed by atoms with Gasteiger partial charge in [0.25, 0.3) is 11.5 Å². The van der Waals surface area contributed by atoms with E-state index in [0.717, 1.165) is 16.3 Å². The highest BCUT2D eigenvalue weighted by molar-refractivity contribution is 8.01. The normalized spacial score (nSPS) is 23.8. The van der Waals surface area contributed by atoms with Crippen LogP contribution >= 0.6 is 11.8 Å². The van der Waals surface area contributed by atoms with E-state index in [-0.39, 0.29) is 12.5 Å². The number of aromatic amines is 1. The minimum atomic E-state index is -0.754. The second-order valence-electron chi connectivity index (χ2n) is 3.65. The minimum absolute atomic E-state index is 0.204.